The predicted molar refractivity (Wildman–Crippen MR) is 59.0 cm³/mol. The minimum absolute atomic E-state index is 0. The molecule has 4 heteroatoms. The summed E-state index contributed by atoms with van der Waals surface area (Å²) in [5, 5.41) is 0. The van der Waals surface area contributed by atoms with Crippen LogP contribution in [0.15, 0.2) is 0 Å². The van der Waals surface area contributed by atoms with E-state index in [1.807, 2.05) is 0 Å². The fourth-order valence-electron chi connectivity index (χ4n) is 0. The fourth-order valence-corrected chi connectivity index (χ4v) is 0. The Morgan fingerprint density at radius 2 is 0.583 bits per heavy atom. The molecule has 0 atom stereocenters. The van der Waals surface area contributed by atoms with Crippen LogP contribution < -0.4 is 0 Å². The van der Waals surface area contributed by atoms with Crippen LogP contribution >= 0.6 is 14.5 Å². The zero-order chi connectivity index (χ0) is 9.00. The molecule has 0 bridgehead atoms. The summed E-state index contributed by atoms with van der Waals surface area (Å²) in [5.41, 5.74) is 0. The second kappa shape index (κ2) is 9.88. The van der Waals surface area contributed by atoms with Crippen molar-refractivity contribution in [2.24, 2.45) is 0 Å². The minimum Gasteiger partial charge on any atom is -0.268 e. The van der Waals surface area contributed by atoms with E-state index in [9.17, 15) is 0 Å². The molecule has 0 aliphatic rings. The third kappa shape index (κ3) is 290. The molecule has 0 saturated carbocycles. The Morgan fingerprint density at radius 1 is 0.583 bits per heavy atom. The van der Waals surface area contributed by atoms with Gasteiger partial charge in [-0.05, 0) is 26.7 Å². The van der Waals surface area contributed by atoms with Crippen LogP contribution in [-0.2, 0) is 44.8 Å². The van der Waals surface area contributed by atoms with Gasteiger partial charge in [-0.2, -0.15) is 0 Å². The summed E-state index contributed by atoms with van der Waals surface area (Å²) in [4.78, 5) is 0. The van der Waals surface area contributed by atoms with E-state index in [4.69, 9.17) is 0 Å². The standard InChI is InChI=1S/2C4H10P.2Au/c2*1-5(2,3)4;;/h2*1-2H2,3-4H3;;/q2*-1;2*+1. The number of hydrogen-bond acceptors (Lipinski definition) is 0. The van der Waals surface area contributed by atoms with E-state index in [1.54, 1.807) is 0 Å². The van der Waals surface area contributed by atoms with Gasteiger partial charge in [0, 0.05) is 0 Å². The smallest absolute Gasteiger partial charge is 0.268 e. The largest absolute Gasteiger partial charge is 1.00 e. The summed E-state index contributed by atoms with van der Waals surface area (Å²) in [6.45, 7) is 23.4. The first-order chi connectivity index (χ1) is 4.00. The van der Waals surface area contributed by atoms with Crippen molar-refractivity contribution < 1.29 is 44.8 Å². The molecule has 0 radical (unpaired) electrons. The summed E-state index contributed by atoms with van der Waals surface area (Å²) in [6.07, 6.45) is 0. The van der Waals surface area contributed by atoms with Crippen molar-refractivity contribution in [1.82, 2.24) is 0 Å². The van der Waals surface area contributed by atoms with Crippen LogP contribution in [0.4, 0.5) is 0 Å². The monoisotopic (exact) mass is 572 g/mol. The van der Waals surface area contributed by atoms with Crippen LogP contribution in [0.5, 0.6) is 0 Å². The van der Waals surface area contributed by atoms with Crippen molar-refractivity contribution in [2.75, 3.05) is 26.7 Å². The number of rotatable bonds is 0. The molecule has 0 amide bonds. The Labute approximate surface area is 112 Å². The third-order valence-electron chi connectivity index (χ3n) is 0. The molecule has 84 valence electrons. The molecule has 0 aliphatic carbocycles. The van der Waals surface area contributed by atoms with Gasteiger partial charge in [-0.15, -0.1) is 0 Å². The van der Waals surface area contributed by atoms with Gasteiger partial charge in [0.25, 0.3) is 0 Å². The Bertz CT molecular complexity index is 58.0. The predicted octanol–water partition coefficient (Wildman–Crippen LogP) is 3.69. The van der Waals surface area contributed by atoms with Crippen molar-refractivity contribution in [3.05, 3.63) is 26.7 Å². The Hall–Kier alpha value is 2.34. The maximum absolute atomic E-state index is 3.77. The van der Waals surface area contributed by atoms with Gasteiger partial charge in [-0.3, -0.25) is 14.5 Å². The second-order valence-corrected chi connectivity index (χ2v) is 11.6. The molecule has 0 aromatic heterocycles. The van der Waals surface area contributed by atoms with E-state index < -0.39 is 14.5 Å². The maximum Gasteiger partial charge on any atom is 1.00 e. The van der Waals surface area contributed by atoms with Gasteiger partial charge in [-0.1, -0.05) is 0 Å². The normalized spacial score (nSPS) is 10.0. The maximum atomic E-state index is 3.77. The van der Waals surface area contributed by atoms with E-state index in [0.717, 1.165) is 0 Å². The van der Waals surface area contributed by atoms with Crippen LogP contribution in [0.25, 0.3) is 0 Å². The first kappa shape index (κ1) is 23.9. The van der Waals surface area contributed by atoms with E-state index in [2.05, 4.69) is 53.3 Å². The molecule has 0 saturated heterocycles. The molecule has 0 rings (SSSR count). The second-order valence-electron chi connectivity index (χ2n) is 3.87. The molecule has 12 heavy (non-hydrogen) atoms. The topological polar surface area (TPSA) is 0 Å². The summed E-state index contributed by atoms with van der Waals surface area (Å²) in [7, 11) is -1.78. The first-order valence-electron chi connectivity index (χ1n) is 3.05. The van der Waals surface area contributed by atoms with Gasteiger partial charge in [0.2, 0.25) is 0 Å². The van der Waals surface area contributed by atoms with Crippen molar-refractivity contribution >= 4 is 14.5 Å². The Morgan fingerprint density at radius 3 is 0.583 bits per heavy atom. The molecule has 0 aliphatic heterocycles. The fraction of sp³-hybridized carbons (Fsp3) is 0.500. The molecule has 0 N–H and O–H groups in total. The van der Waals surface area contributed by atoms with Gasteiger partial charge in [0.05, 0.1) is 0 Å². The third-order valence-corrected chi connectivity index (χ3v) is 0. The number of hydrogen-bond donors (Lipinski definition) is 0. The van der Waals surface area contributed by atoms with Crippen LogP contribution in [0.1, 0.15) is 0 Å². The zero-order valence-electron chi connectivity index (χ0n) is 8.33. The van der Waals surface area contributed by atoms with Gasteiger partial charge in [-0.25, -0.2) is 26.7 Å². The molecule has 0 aromatic rings. The van der Waals surface area contributed by atoms with Gasteiger partial charge in [0.15, 0.2) is 0 Å². The van der Waals surface area contributed by atoms with Crippen molar-refractivity contribution in [3.8, 4) is 0 Å². The van der Waals surface area contributed by atoms with Crippen LogP contribution in [0.3, 0.4) is 0 Å². The van der Waals surface area contributed by atoms with E-state index in [0.29, 0.717) is 0 Å². The summed E-state index contributed by atoms with van der Waals surface area (Å²) in [5.74, 6) is 0. The minimum atomic E-state index is -0.889. The summed E-state index contributed by atoms with van der Waals surface area (Å²) >= 11 is 0. The van der Waals surface area contributed by atoms with Crippen LogP contribution in [0.2, 0.25) is 0 Å². The average Bonchev–Trinajstić information content (AvgIpc) is 1.12. The quantitative estimate of drug-likeness (QED) is 0.236. The van der Waals surface area contributed by atoms with E-state index in [1.165, 1.54) is 0 Å². The van der Waals surface area contributed by atoms with E-state index in [-0.39, 0.29) is 44.8 Å². The molecular weight excluding hydrogens is 552 g/mol. The molecule has 0 aromatic carbocycles. The van der Waals surface area contributed by atoms with Crippen LogP contribution in [0, 0.1) is 26.7 Å². The SMILES string of the molecule is [Au+].[Au+].[CH2-][P+]([CH2-])(C)C.[CH2-][P+]([CH2-])(C)C. The molecule has 0 spiro atoms. The van der Waals surface area contributed by atoms with Crippen molar-refractivity contribution in [2.45, 2.75) is 0 Å². The molecular formula is C8H20Au2P2. The van der Waals surface area contributed by atoms with Crippen molar-refractivity contribution in [1.29, 1.82) is 0 Å². The van der Waals surface area contributed by atoms with E-state index >= 15 is 0 Å². The van der Waals surface area contributed by atoms with Gasteiger partial charge >= 0.3 is 44.8 Å². The Kier molecular flexibility index (Phi) is 19.6. The molecule has 0 unspecified atom stereocenters. The molecule has 0 heterocycles. The summed E-state index contributed by atoms with van der Waals surface area (Å²) < 4.78 is 0. The van der Waals surface area contributed by atoms with Gasteiger partial charge < -0.3 is 0 Å². The van der Waals surface area contributed by atoms with Gasteiger partial charge in [0.1, 0.15) is 0 Å². The Balaban J connectivity index is -0.0000000457. The zero-order valence-corrected chi connectivity index (χ0v) is 14.4. The van der Waals surface area contributed by atoms with Crippen molar-refractivity contribution in [3.63, 3.8) is 0 Å². The first-order valence-corrected chi connectivity index (χ1v) is 9.16. The molecule has 0 nitrogen and oxygen atoms in total. The average molecular weight is 572 g/mol. The summed E-state index contributed by atoms with van der Waals surface area (Å²) in [6, 6.07) is 0. The van der Waals surface area contributed by atoms with Crippen LogP contribution in [-0.4, -0.2) is 26.7 Å². The molecule has 0 fully saturated rings.